The zero-order chi connectivity index (χ0) is 31.0. The summed E-state index contributed by atoms with van der Waals surface area (Å²) >= 11 is 0. The van der Waals surface area contributed by atoms with Crippen LogP contribution in [-0.4, -0.2) is 31.6 Å². The highest BCUT2D eigenvalue weighted by atomic mass is 16.5. The maximum Gasteiger partial charge on any atom is 0.131 e. The molecule has 0 aromatic heterocycles. The van der Waals surface area contributed by atoms with E-state index in [-0.39, 0.29) is 33.7 Å². The van der Waals surface area contributed by atoms with Gasteiger partial charge in [0.25, 0.3) is 0 Å². The SMILES string of the molecule is COc1c(/C=N/[C@H]2CCCC[C@@H]2/N=C/c2cc(C(C)(C)C)cc(C(C)(C)C)c2C)cc(C(C)(C)C)cc1C(C)(C)C. The Morgan fingerprint density at radius 3 is 1.44 bits per heavy atom. The van der Waals surface area contributed by atoms with Crippen LogP contribution in [0.2, 0.25) is 0 Å². The molecule has 0 heterocycles. The van der Waals surface area contributed by atoms with Crippen molar-refractivity contribution in [3.63, 3.8) is 0 Å². The van der Waals surface area contributed by atoms with Crippen LogP contribution in [0, 0.1) is 6.92 Å². The Bertz CT molecular complexity index is 1270. The lowest BCUT2D eigenvalue weighted by Gasteiger charge is -2.29. The molecule has 3 rings (SSSR count). The minimum Gasteiger partial charge on any atom is -0.496 e. The second-order valence-corrected chi connectivity index (χ2v) is 16.4. The van der Waals surface area contributed by atoms with Gasteiger partial charge in [0.2, 0.25) is 0 Å². The van der Waals surface area contributed by atoms with Crippen LogP contribution in [0.15, 0.2) is 34.3 Å². The number of methoxy groups -OCH3 is 1. The molecular weight excluding hydrogens is 500 g/mol. The van der Waals surface area contributed by atoms with Gasteiger partial charge in [0.1, 0.15) is 5.75 Å². The van der Waals surface area contributed by atoms with E-state index < -0.39 is 0 Å². The van der Waals surface area contributed by atoms with Crippen molar-refractivity contribution in [2.24, 2.45) is 9.98 Å². The molecule has 0 spiro atoms. The van der Waals surface area contributed by atoms with Gasteiger partial charge < -0.3 is 4.74 Å². The molecule has 0 saturated heterocycles. The van der Waals surface area contributed by atoms with Crippen LogP contribution in [0.3, 0.4) is 0 Å². The van der Waals surface area contributed by atoms with Gasteiger partial charge in [0.15, 0.2) is 0 Å². The number of benzene rings is 2. The van der Waals surface area contributed by atoms with Crippen molar-refractivity contribution in [1.82, 2.24) is 0 Å². The Morgan fingerprint density at radius 2 is 1.02 bits per heavy atom. The Labute approximate surface area is 252 Å². The topological polar surface area (TPSA) is 34.0 Å². The van der Waals surface area contributed by atoms with Crippen LogP contribution in [0.25, 0.3) is 0 Å². The maximum atomic E-state index is 6.01. The summed E-state index contributed by atoms with van der Waals surface area (Å²) in [4.78, 5) is 10.5. The molecule has 0 radical (unpaired) electrons. The zero-order valence-corrected chi connectivity index (χ0v) is 28.7. The molecule has 1 aliphatic carbocycles. The molecule has 2 aromatic rings. The van der Waals surface area contributed by atoms with Crippen LogP contribution >= 0.6 is 0 Å². The average molecular weight is 559 g/mol. The van der Waals surface area contributed by atoms with Gasteiger partial charge in [-0.25, -0.2) is 0 Å². The minimum absolute atomic E-state index is 0.0295. The van der Waals surface area contributed by atoms with E-state index in [1.807, 2.05) is 0 Å². The number of nitrogens with zero attached hydrogens (tertiary/aromatic N) is 2. The van der Waals surface area contributed by atoms with E-state index in [1.54, 1.807) is 7.11 Å². The van der Waals surface area contributed by atoms with Gasteiger partial charge in [-0.1, -0.05) is 108 Å². The third-order valence-corrected chi connectivity index (χ3v) is 8.62. The molecule has 3 heteroatoms. The molecule has 41 heavy (non-hydrogen) atoms. The molecule has 0 aliphatic heterocycles. The Hall–Kier alpha value is -2.42. The van der Waals surface area contributed by atoms with Crippen molar-refractivity contribution < 1.29 is 4.74 Å². The van der Waals surface area contributed by atoms with Crippen molar-refractivity contribution in [3.05, 3.63) is 63.2 Å². The van der Waals surface area contributed by atoms with Crippen LogP contribution in [-0.2, 0) is 21.7 Å². The van der Waals surface area contributed by atoms with Crippen LogP contribution in [0.5, 0.6) is 5.75 Å². The highest BCUT2D eigenvalue weighted by Crippen LogP contribution is 2.38. The summed E-state index contributed by atoms with van der Waals surface area (Å²) in [5, 5.41) is 0. The molecule has 3 nitrogen and oxygen atoms in total. The van der Waals surface area contributed by atoms with Gasteiger partial charge >= 0.3 is 0 Å². The third-order valence-electron chi connectivity index (χ3n) is 8.62. The Morgan fingerprint density at radius 1 is 0.610 bits per heavy atom. The van der Waals surface area contributed by atoms with Crippen molar-refractivity contribution in [1.29, 1.82) is 0 Å². The normalized spacial score (nSPS) is 19.4. The standard InChI is InChI=1S/C38H58N2O/c1-25-26(19-28(35(2,3)4)21-30(25)37(8,9)10)23-39-32-17-15-16-18-33(32)40-24-27-20-29(36(5,6)7)22-31(34(27)41-14)38(11,12)13/h19-24,32-33H,15-18H2,1-14H3/b39-23+,40-24+/t32-,33-/m0/s1. The first kappa shape index (κ1) is 33.1. The molecule has 1 aliphatic rings. The predicted octanol–water partition coefficient (Wildman–Crippen LogP) is 10.0. The molecule has 2 atom stereocenters. The van der Waals surface area contributed by atoms with Crippen LogP contribution in [0.1, 0.15) is 148 Å². The summed E-state index contributed by atoms with van der Waals surface area (Å²) in [5.74, 6) is 0.939. The van der Waals surface area contributed by atoms with E-state index in [2.05, 4.69) is 127 Å². The van der Waals surface area contributed by atoms with E-state index in [0.717, 1.165) is 24.2 Å². The number of hydrogen-bond donors (Lipinski definition) is 0. The van der Waals surface area contributed by atoms with Crippen molar-refractivity contribution >= 4 is 12.4 Å². The Kier molecular flexibility index (Phi) is 9.73. The van der Waals surface area contributed by atoms with Crippen LogP contribution < -0.4 is 4.74 Å². The molecule has 226 valence electrons. The average Bonchev–Trinajstić information content (AvgIpc) is 2.84. The maximum absolute atomic E-state index is 6.01. The smallest absolute Gasteiger partial charge is 0.131 e. The highest BCUT2D eigenvalue weighted by molar-refractivity contribution is 5.86. The molecule has 1 fully saturated rings. The number of rotatable bonds is 5. The molecule has 0 unspecified atom stereocenters. The summed E-state index contributed by atoms with van der Waals surface area (Å²) in [7, 11) is 1.78. The fraction of sp³-hybridized carbons (Fsp3) is 0.632. The van der Waals surface area contributed by atoms with E-state index in [0.29, 0.717) is 0 Å². The lowest BCUT2D eigenvalue weighted by molar-refractivity contribution is 0.388. The molecule has 0 bridgehead atoms. The van der Waals surface area contributed by atoms with E-state index in [9.17, 15) is 0 Å². The minimum atomic E-state index is -0.0295. The van der Waals surface area contributed by atoms with Gasteiger partial charge in [-0.05, 0) is 81.4 Å². The predicted molar refractivity (Wildman–Crippen MR) is 180 cm³/mol. The zero-order valence-electron chi connectivity index (χ0n) is 28.7. The van der Waals surface area contributed by atoms with Gasteiger partial charge in [-0.3, -0.25) is 9.98 Å². The fourth-order valence-corrected chi connectivity index (χ4v) is 5.84. The van der Waals surface area contributed by atoms with Crippen LogP contribution in [0.4, 0.5) is 0 Å². The summed E-state index contributed by atoms with van der Waals surface area (Å²) < 4.78 is 6.01. The van der Waals surface area contributed by atoms with Gasteiger partial charge in [0, 0.05) is 23.6 Å². The fourth-order valence-electron chi connectivity index (χ4n) is 5.84. The molecule has 1 saturated carbocycles. The van der Waals surface area contributed by atoms with Crippen molar-refractivity contribution in [2.75, 3.05) is 7.11 Å². The summed E-state index contributed by atoms with van der Waals surface area (Å²) in [6, 6.07) is 9.72. The van der Waals surface area contributed by atoms with Gasteiger partial charge in [-0.2, -0.15) is 0 Å². The monoisotopic (exact) mass is 558 g/mol. The largest absolute Gasteiger partial charge is 0.496 e. The summed E-state index contributed by atoms with van der Waals surface area (Å²) in [6.07, 6.45) is 8.78. The summed E-state index contributed by atoms with van der Waals surface area (Å²) in [6.45, 7) is 29.7. The molecular formula is C38H58N2O. The van der Waals surface area contributed by atoms with Crippen molar-refractivity contribution in [3.8, 4) is 5.75 Å². The second-order valence-electron chi connectivity index (χ2n) is 16.4. The van der Waals surface area contributed by atoms with Gasteiger partial charge in [0.05, 0.1) is 19.2 Å². The first-order valence-electron chi connectivity index (χ1n) is 15.7. The number of hydrogen-bond acceptors (Lipinski definition) is 3. The lowest BCUT2D eigenvalue weighted by Crippen LogP contribution is -2.27. The highest BCUT2D eigenvalue weighted by Gasteiger charge is 2.28. The molecule has 0 N–H and O–H groups in total. The van der Waals surface area contributed by atoms with Crippen molar-refractivity contribution in [2.45, 2.75) is 149 Å². The third kappa shape index (κ3) is 8.11. The first-order chi connectivity index (χ1) is 18.7. The lowest BCUT2D eigenvalue weighted by atomic mass is 9.77. The Balaban J connectivity index is 2.02. The number of ether oxygens (including phenoxy) is 1. The van der Waals surface area contributed by atoms with E-state index in [4.69, 9.17) is 14.7 Å². The molecule has 2 aromatic carbocycles. The van der Waals surface area contributed by atoms with E-state index >= 15 is 0 Å². The quantitative estimate of drug-likeness (QED) is 0.336. The van der Waals surface area contributed by atoms with Gasteiger partial charge in [-0.15, -0.1) is 0 Å². The number of aliphatic imine (C=N–C) groups is 2. The molecule has 0 amide bonds. The second kappa shape index (κ2) is 12.1. The van der Waals surface area contributed by atoms with E-state index in [1.165, 1.54) is 46.2 Å². The first-order valence-corrected chi connectivity index (χ1v) is 15.7. The summed E-state index contributed by atoms with van der Waals surface area (Å²) in [5.41, 5.74) is 9.14.